The van der Waals surface area contributed by atoms with Gasteiger partial charge in [-0.3, -0.25) is 19.7 Å². The number of aromatic nitrogens is 3. The number of halogens is 2. The van der Waals surface area contributed by atoms with Crippen molar-refractivity contribution in [3.05, 3.63) is 94.9 Å². The van der Waals surface area contributed by atoms with Crippen molar-refractivity contribution in [3.63, 3.8) is 0 Å². The van der Waals surface area contributed by atoms with Crippen LogP contribution in [-0.4, -0.2) is 84.4 Å². The summed E-state index contributed by atoms with van der Waals surface area (Å²) in [4.78, 5) is 35.0. The molecule has 2 aliphatic rings. The van der Waals surface area contributed by atoms with Gasteiger partial charge in [0.2, 0.25) is 10.0 Å². The van der Waals surface area contributed by atoms with Crippen LogP contribution >= 0.6 is 0 Å². The fourth-order valence-electron chi connectivity index (χ4n) is 5.88. The van der Waals surface area contributed by atoms with Crippen molar-refractivity contribution in [1.82, 2.24) is 24.4 Å². The first-order chi connectivity index (χ1) is 22.3. The van der Waals surface area contributed by atoms with Crippen LogP contribution in [-0.2, 0) is 22.0 Å². The Hall–Kier alpha value is -4.73. The third kappa shape index (κ3) is 6.59. The molecule has 6 rings (SSSR count). The second kappa shape index (κ2) is 12.5. The maximum atomic E-state index is 14.0. The minimum atomic E-state index is -4.32. The molecule has 246 valence electrons. The van der Waals surface area contributed by atoms with Crippen LogP contribution in [0.25, 0.3) is 0 Å². The van der Waals surface area contributed by atoms with E-state index in [1.807, 2.05) is 13.1 Å². The molecule has 2 aromatic carbocycles. The molecule has 3 N–H and O–H groups in total. The first-order valence-corrected chi connectivity index (χ1v) is 16.4. The fourth-order valence-corrected chi connectivity index (χ4v) is 7.50. The van der Waals surface area contributed by atoms with Gasteiger partial charge in [-0.1, -0.05) is 19.9 Å². The number of pyridine rings is 1. The van der Waals surface area contributed by atoms with E-state index >= 15 is 0 Å². The van der Waals surface area contributed by atoms with Crippen LogP contribution in [0.4, 0.5) is 26.0 Å². The van der Waals surface area contributed by atoms with Gasteiger partial charge in [0.05, 0.1) is 16.1 Å². The Labute approximate surface area is 270 Å². The van der Waals surface area contributed by atoms with Gasteiger partial charge in [0.15, 0.2) is 5.82 Å². The monoisotopic (exact) mass is 664 g/mol. The molecule has 0 spiro atoms. The lowest BCUT2D eigenvalue weighted by molar-refractivity contribution is 0.102. The van der Waals surface area contributed by atoms with Crippen molar-refractivity contribution in [2.45, 2.75) is 30.7 Å². The Balaban J connectivity index is 1.31. The van der Waals surface area contributed by atoms with Gasteiger partial charge in [-0.15, -0.1) is 0 Å². The van der Waals surface area contributed by atoms with Crippen LogP contribution in [0.5, 0.6) is 0 Å². The molecule has 15 heteroatoms. The number of nitrogens with zero attached hydrogens (tertiary/aromatic N) is 5. The number of hydrogen-bond acceptors (Lipinski definition) is 8. The first-order valence-electron chi connectivity index (χ1n) is 15.0. The van der Waals surface area contributed by atoms with Crippen LogP contribution in [0.1, 0.15) is 46.0 Å². The Morgan fingerprint density at radius 1 is 0.936 bits per heavy atom. The molecule has 4 heterocycles. The van der Waals surface area contributed by atoms with Gasteiger partial charge in [-0.2, -0.15) is 9.40 Å². The molecule has 1 saturated heterocycles. The van der Waals surface area contributed by atoms with Crippen LogP contribution in [0.3, 0.4) is 0 Å². The second-order valence-corrected chi connectivity index (χ2v) is 14.3. The number of sulfonamides is 1. The van der Waals surface area contributed by atoms with Crippen molar-refractivity contribution >= 4 is 39.0 Å². The summed E-state index contributed by atoms with van der Waals surface area (Å²) in [5.74, 6) is -3.02. The molecule has 47 heavy (non-hydrogen) atoms. The molecule has 12 nitrogen and oxygen atoms in total. The standard InChI is InChI=1S/C32H34F2N8O4S/c1-32(2)19-42(47(45,46)23-15-20(33)14-21(34)16-23)18-25-28(32)38-39-29(25)37-30(43)24-8-7-22(41-12-10-40(3)11-13-41)17-27(24)36-31(44)26-6-4-5-9-35-26/h4-9,14-17H,10-13,18-19H2,1-3H3,(H,36,44)(H2,37,38,39,43). The maximum Gasteiger partial charge on any atom is 0.274 e. The third-order valence-corrected chi connectivity index (χ3v) is 10.2. The van der Waals surface area contributed by atoms with E-state index in [2.05, 4.69) is 35.6 Å². The average Bonchev–Trinajstić information content (AvgIpc) is 3.44. The number of piperazine rings is 1. The van der Waals surface area contributed by atoms with Crippen molar-refractivity contribution in [1.29, 1.82) is 0 Å². The summed E-state index contributed by atoms with van der Waals surface area (Å²) in [6, 6.07) is 12.3. The van der Waals surface area contributed by atoms with Crippen molar-refractivity contribution in [2.75, 3.05) is 55.3 Å². The van der Waals surface area contributed by atoms with Gasteiger partial charge >= 0.3 is 0 Å². The lowest BCUT2D eigenvalue weighted by Crippen LogP contribution is -2.45. The Bertz CT molecular complexity index is 1920. The first kappa shape index (κ1) is 32.2. The van der Waals surface area contributed by atoms with E-state index in [4.69, 9.17) is 0 Å². The summed E-state index contributed by atoms with van der Waals surface area (Å²) in [5.41, 5.74) is 1.64. The molecule has 0 atom stereocenters. The topological polar surface area (TPSA) is 144 Å². The third-order valence-electron chi connectivity index (χ3n) is 8.42. The number of benzene rings is 2. The van der Waals surface area contributed by atoms with Crippen molar-refractivity contribution < 1.29 is 26.8 Å². The molecule has 1 fully saturated rings. The highest BCUT2D eigenvalue weighted by atomic mass is 32.2. The number of likely N-dealkylation sites (N-methyl/N-ethyl adjacent to an activating group) is 1. The smallest absolute Gasteiger partial charge is 0.274 e. The van der Waals surface area contributed by atoms with Crippen LogP contribution < -0.4 is 15.5 Å². The molecule has 0 saturated carbocycles. The van der Waals surface area contributed by atoms with Gasteiger partial charge in [-0.25, -0.2) is 17.2 Å². The summed E-state index contributed by atoms with van der Waals surface area (Å²) in [6.07, 6.45) is 1.50. The van der Waals surface area contributed by atoms with E-state index in [0.29, 0.717) is 17.3 Å². The number of fused-ring (bicyclic) bond motifs is 1. The number of hydrogen-bond donors (Lipinski definition) is 3. The molecular formula is C32H34F2N8O4S. The predicted molar refractivity (Wildman–Crippen MR) is 172 cm³/mol. The molecule has 2 aromatic heterocycles. The summed E-state index contributed by atoms with van der Waals surface area (Å²) in [6.45, 7) is 6.64. The number of amides is 2. The van der Waals surface area contributed by atoms with E-state index in [0.717, 1.165) is 48.3 Å². The van der Waals surface area contributed by atoms with E-state index in [-0.39, 0.29) is 35.9 Å². The number of carbonyl (C=O) groups is 2. The van der Waals surface area contributed by atoms with Gasteiger partial charge in [0.1, 0.15) is 17.3 Å². The second-order valence-electron chi connectivity index (χ2n) is 12.3. The summed E-state index contributed by atoms with van der Waals surface area (Å²) in [7, 11) is -2.27. The van der Waals surface area contributed by atoms with Crippen LogP contribution in [0.15, 0.2) is 65.7 Å². The van der Waals surface area contributed by atoms with Crippen molar-refractivity contribution in [2.24, 2.45) is 0 Å². The normalized spacial score (nSPS) is 16.8. The predicted octanol–water partition coefficient (Wildman–Crippen LogP) is 3.82. The Kier molecular flexibility index (Phi) is 8.55. The zero-order valence-electron chi connectivity index (χ0n) is 26.0. The molecular weight excluding hydrogens is 630 g/mol. The quantitative estimate of drug-likeness (QED) is 0.271. The zero-order chi connectivity index (χ0) is 33.5. The molecule has 0 aliphatic carbocycles. The van der Waals surface area contributed by atoms with E-state index in [9.17, 15) is 26.8 Å². The average molecular weight is 665 g/mol. The summed E-state index contributed by atoms with van der Waals surface area (Å²) in [5, 5.41) is 12.8. The molecule has 0 radical (unpaired) electrons. The highest BCUT2D eigenvalue weighted by Gasteiger charge is 2.41. The summed E-state index contributed by atoms with van der Waals surface area (Å²) < 4.78 is 56.1. The lowest BCUT2D eigenvalue weighted by atomic mass is 9.84. The SMILES string of the molecule is CN1CCN(c2ccc(C(=O)Nc3n[nH]c4c3CN(S(=O)(=O)c3cc(F)cc(F)c3)CC4(C)C)c(NC(=O)c3ccccn3)c2)CC1. The molecule has 4 aromatic rings. The number of anilines is 3. The minimum absolute atomic E-state index is 0.00645. The number of rotatable bonds is 7. The summed E-state index contributed by atoms with van der Waals surface area (Å²) >= 11 is 0. The van der Waals surface area contributed by atoms with Gasteiger partial charge < -0.3 is 20.4 Å². The van der Waals surface area contributed by atoms with E-state index in [1.54, 1.807) is 44.2 Å². The van der Waals surface area contributed by atoms with Crippen LogP contribution in [0.2, 0.25) is 0 Å². The number of H-pyrrole nitrogens is 1. The maximum absolute atomic E-state index is 14.0. The largest absolute Gasteiger partial charge is 0.369 e. The Morgan fingerprint density at radius 2 is 1.66 bits per heavy atom. The highest BCUT2D eigenvalue weighted by Crippen LogP contribution is 2.38. The molecule has 0 unspecified atom stereocenters. The van der Waals surface area contributed by atoms with Crippen LogP contribution in [0, 0.1) is 11.6 Å². The molecule has 2 aliphatic heterocycles. The number of nitrogens with one attached hydrogen (secondary N) is 3. The molecule has 0 bridgehead atoms. The van der Waals surface area contributed by atoms with Gasteiger partial charge in [0, 0.05) is 73.9 Å². The van der Waals surface area contributed by atoms with Crippen molar-refractivity contribution in [3.8, 4) is 0 Å². The highest BCUT2D eigenvalue weighted by molar-refractivity contribution is 7.89. The van der Waals surface area contributed by atoms with E-state index in [1.165, 1.54) is 6.20 Å². The zero-order valence-corrected chi connectivity index (χ0v) is 26.9. The Morgan fingerprint density at radius 3 is 2.34 bits per heavy atom. The number of aromatic amines is 1. The molecule has 2 amide bonds. The van der Waals surface area contributed by atoms with Gasteiger partial charge in [0.25, 0.3) is 11.8 Å². The lowest BCUT2D eigenvalue weighted by Gasteiger charge is -2.36. The van der Waals surface area contributed by atoms with E-state index < -0.39 is 43.8 Å². The fraction of sp³-hybridized carbons (Fsp3) is 0.312. The van der Waals surface area contributed by atoms with Gasteiger partial charge in [-0.05, 0) is 49.5 Å². The minimum Gasteiger partial charge on any atom is -0.369 e. The number of carbonyl (C=O) groups excluding carboxylic acids is 2.